The first-order chi connectivity index (χ1) is 10.1. The van der Waals surface area contributed by atoms with Crippen LogP contribution in [0.25, 0.3) is 22.4 Å². The molecule has 4 heteroatoms. The second-order valence-corrected chi connectivity index (χ2v) is 5.27. The standard InChI is InChI=1S/C17H18N2O2/c1-11(2)19-15-9-8-12(21-3)10-14(15)18-17(19)13-6-4-5-7-16(13)20/h4-11,20H,1-3H3. The Morgan fingerprint density at radius 1 is 1.14 bits per heavy atom. The maximum atomic E-state index is 10.1. The minimum absolute atomic E-state index is 0.234. The molecule has 1 N–H and O–H groups in total. The van der Waals surface area contributed by atoms with Gasteiger partial charge in [0.05, 0.1) is 23.7 Å². The van der Waals surface area contributed by atoms with Crippen molar-refractivity contribution >= 4 is 11.0 Å². The molecule has 0 aliphatic heterocycles. The number of phenolic OH excluding ortho intramolecular Hbond substituents is 1. The minimum atomic E-state index is 0.234. The Kier molecular flexibility index (Phi) is 3.29. The molecule has 1 heterocycles. The first kappa shape index (κ1) is 13.5. The van der Waals surface area contributed by atoms with Crippen molar-refractivity contribution in [1.29, 1.82) is 0 Å². The topological polar surface area (TPSA) is 47.3 Å². The van der Waals surface area contributed by atoms with Crippen molar-refractivity contribution < 1.29 is 9.84 Å². The van der Waals surface area contributed by atoms with Gasteiger partial charge < -0.3 is 14.4 Å². The van der Waals surface area contributed by atoms with Crippen LogP contribution in [-0.2, 0) is 0 Å². The molecule has 0 aliphatic carbocycles. The lowest BCUT2D eigenvalue weighted by Gasteiger charge is -2.13. The highest BCUT2D eigenvalue weighted by atomic mass is 16.5. The van der Waals surface area contributed by atoms with E-state index in [9.17, 15) is 5.11 Å². The maximum absolute atomic E-state index is 10.1. The van der Waals surface area contributed by atoms with Crippen LogP contribution in [-0.4, -0.2) is 21.8 Å². The molecule has 3 aromatic rings. The van der Waals surface area contributed by atoms with Crippen LogP contribution in [0.15, 0.2) is 42.5 Å². The quantitative estimate of drug-likeness (QED) is 0.790. The second kappa shape index (κ2) is 5.13. The summed E-state index contributed by atoms with van der Waals surface area (Å²) in [6.07, 6.45) is 0. The second-order valence-electron chi connectivity index (χ2n) is 5.27. The molecule has 0 spiro atoms. The molecule has 21 heavy (non-hydrogen) atoms. The zero-order chi connectivity index (χ0) is 15.0. The summed E-state index contributed by atoms with van der Waals surface area (Å²) in [5, 5.41) is 10.1. The van der Waals surface area contributed by atoms with E-state index in [1.807, 2.05) is 36.4 Å². The molecule has 0 saturated carbocycles. The van der Waals surface area contributed by atoms with Gasteiger partial charge in [0.15, 0.2) is 0 Å². The van der Waals surface area contributed by atoms with Crippen molar-refractivity contribution in [1.82, 2.24) is 9.55 Å². The maximum Gasteiger partial charge on any atom is 0.145 e. The molecule has 0 bridgehead atoms. The predicted octanol–water partition coefficient (Wildman–Crippen LogP) is 4.00. The highest BCUT2D eigenvalue weighted by molar-refractivity contribution is 5.83. The monoisotopic (exact) mass is 282 g/mol. The summed E-state index contributed by atoms with van der Waals surface area (Å²) in [6, 6.07) is 13.4. The van der Waals surface area contributed by atoms with Crippen LogP contribution in [0.3, 0.4) is 0 Å². The van der Waals surface area contributed by atoms with Crippen molar-refractivity contribution in [2.75, 3.05) is 7.11 Å². The Morgan fingerprint density at radius 3 is 2.57 bits per heavy atom. The van der Waals surface area contributed by atoms with E-state index in [0.717, 1.165) is 28.2 Å². The normalized spacial score (nSPS) is 11.2. The van der Waals surface area contributed by atoms with Gasteiger partial charge in [-0.25, -0.2) is 4.98 Å². The van der Waals surface area contributed by atoms with E-state index in [1.54, 1.807) is 13.2 Å². The van der Waals surface area contributed by atoms with Gasteiger partial charge in [-0.15, -0.1) is 0 Å². The van der Waals surface area contributed by atoms with Gasteiger partial charge in [0.1, 0.15) is 17.3 Å². The third-order valence-corrected chi connectivity index (χ3v) is 3.56. The van der Waals surface area contributed by atoms with Crippen molar-refractivity contribution in [2.45, 2.75) is 19.9 Å². The van der Waals surface area contributed by atoms with E-state index in [4.69, 9.17) is 9.72 Å². The molecule has 1 aromatic heterocycles. The van der Waals surface area contributed by atoms with Crippen LogP contribution in [0.2, 0.25) is 0 Å². The average molecular weight is 282 g/mol. The molecular weight excluding hydrogens is 264 g/mol. The van der Waals surface area contributed by atoms with Gasteiger partial charge >= 0.3 is 0 Å². The minimum Gasteiger partial charge on any atom is -0.507 e. The number of aromatic hydroxyl groups is 1. The van der Waals surface area contributed by atoms with E-state index in [0.29, 0.717) is 0 Å². The van der Waals surface area contributed by atoms with Gasteiger partial charge in [-0.05, 0) is 38.1 Å². The summed E-state index contributed by atoms with van der Waals surface area (Å²) >= 11 is 0. The van der Waals surface area contributed by atoms with Gasteiger partial charge in [0.25, 0.3) is 0 Å². The number of ether oxygens (including phenoxy) is 1. The molecule has 0 radical (unpaired) electrons. The number of hydrogen-bond acceptors (Lipinski definition) is 3. The molecule has 4 nitrogen and oxygen atoms in total. The predicted molar refractivity (Wildman–Crippen MR) is 83.8 cm³/mol. The Balaban J connectivity index is 2.31. The summed E-state index contributed by atoms with van der Waals surface area (Å²) in [7, 11) is 1.64. The van der Waals surface area contributed by atoms with E-state index in [2.05, 4.69) is 18.4 Å². The van der Waals surface area contributed by atoms with Crippen LogP contribution in [0.4, 0.5) is 0 Å². The van der Waals surface area contributed by atoms with Gasteiger partial charge in [-0.2, -0.15) is 0 Å². The van der Waals surface area contributed by atoms with Crippen LogP contribution in [0.1, 0.15) is 19.9 Å². The number of rotatable bonds is 3. The fourth-order valence-corrected chi connectivity index (χ4v) is 2.58. The molecule has 0 saturated heterocycles. The number of benzene rings is 2. The lowest BCUT2D eigenvalue weighted by molar-refractivity contribution is 0.415. The number of imidazole rings is 1. The number of nitrogens with zero attached hydrogens (tertiary/aromatic N) is 2. The number of fused-ring (bicyclic) bond motifs is 1. The van der Waals surface area contributed by atoms with Crippen LogP contribution in [0.5, 0.6) is 11.5 Å². The van der Waals surface area contributed by atoms with Gasteiger partial charge in [0, 0.05) is 12.1 Å². The van der Waals surface area contributed by atoms with Gasteiger partial charge in [-0.3, -0.25) is 0 Å². The highest BCUT2D eigenvalue weighted by Crippen LogP contribution is 2.34. The third-order valence-electron chi connectivity index (χ3n) is 3.56. The Labute approximate surface area is 123 Å². The molecule has 0 amide bonds. The van der Waals surface area contributed by atoms with Crippen molar-refractivity contribution in [3.8, 4) is 22.9 Å². The number of methoxy groups -OCH3 is 1. The first-order valence-electron chi connectivity index (χ1n) is 6.96. The number of phenols is 1. The Hall–Kier alpha value is -2.49. The summed E-state index contributed by atoms with van der Waals surface area (Å²) in [4.78, 5) is 4.70. The molecule has 3 rings (SSSR count). The van der Waals surface area contributed by atoms with E-state index >= 15 is 0 Å². The molecule has 108 valence electrons. The fourth-order valence-electron chi connectivity index (χ4n) is 2.58. The van der Waals surface area contributed by atoms with E-state index in [-0.39, 0.29) is 11.8 Å². The third kappa shape index (κ3) is 2.23. The van der Waals surface area contributed by atoms with Crippen molar-refractivity contribution in [3.63, 3.8) is 0 Å². The van der Waals surface area contributed by atoms with Crippen LogP contribution >= 0.6 is 0 Å². The zero-order valence-electron chi connectivity index (χ0n) is 12.4. The molecular formula is C17H18N2O2. The number of hydrogen-bond donors (Lipinski definition) is 1. The number of aromatic nitrogens is 2. The van der Waals surface area contributed by atoms with Crippen molar-refractivity contribution in [3.05, 3.63) is 42.5 Å². The average Bonchev–Trinajstić information content (AvgIpc) is 2.85. The summed E-state index contributed by atoms with van der Waals surface area (Å²) in [5.41, 5.74) is 2.63. The first-order valence-corrected chi connectivity index (χ1v) is 6.96. The van der Waals surface area contributed by atoms with E-state index in [1.165, 1.54) is 0 Å². The number of para-hydroxylation sites is 1. The largest absolute Gasteiger partial charge is 0.507 e. The highest BCUT2D eigenvalue weighted by Gasteiger charge is 2.17. The Bertz CT molecular complexity index is 791. The van der Waals surface area contributed by atoms with Gasteiger partial charge in [0.2, 0.25) is 0 Å². The summed E-state index contributed by atoms with van der Waals surface area (Å²) in [6.45, 7) is 4.21. The lowest BCUT2D eigenvalue weighted by atomic mass is 10.2. The fraction of sp³-hybridized carbons (Fsp3) is 0.235. The van der Waals surface area contributed by atoms with Crippen LogP contribution in [0, 0.1) is 0 Å². The molecule has 0 atom stereocenters. The Morgan fingerprint density at radius 2 is 1.90 bits per heavy atom. The molecule has 0 fully saturated rings. The smallest absolute Gasteiger partial charge is 0.145 e. The SMILES string of the molecule is COc1ccc2c(c1)nc(-c1ccccc1O)n2C(C)C. The van der Waals surface area contributed by atoms with E-state index < -0.39 is 0 Å². The zero-order valence-corrected chi connectivity index (χ0v) is 12.4. The molecule has 0 aliphatic rings. The molecule has 2 aromatic carbocycles. The van der Waals surface area contributed by atoms with Crippen LogP contribution < -0.4 is 4.74 Å². The molecule has 0 unspecified atom stereocenters. The summed E-state index contributed by atoms with van der Waals surface area (Å²) < 4.78 is 7.39. The lowest BCUT2D eigenvalue weighted by Crippen LogP contribution is -2.03. The van der Waals surface area contributed by atoms with Crippen molar-refractivity contribution in [2.24, 2.45) is 0 Å². The summed E-state index contributed by atoms with van der Waals surface area (Å²) in [5.74, 6) is 1.78. The van der Waals surface area contributed by atoms with Gasteiger partial charge in [-0.1, -0.05) is 12.1 Å².